The molecular weight excluding hydrogens is 555 g/mol. The summed E-state index contributed by atoms with van der Waals surface area (Å²) in [5.41, 5.74) is 10.6. The average Bonchev–Trinajstić information content (AvgIpc) is 3.08. The molecule has 0 bridgehead atoms. The van der Waals surface area contributed by atoms with Crippen LogP contribution in [0, 0.1) is 6.07 Å². The quantitative estimate of drug-likeness (QED) is 0.223. The van der Waals surface area contributed by atoms with Crippen LogP contribution in [0.1, 0.15) is 48.9 Å². The van der Waals surface area contributed by atoms with Gasteiger partial charge in [0.2, 0.25) is 0 Å². The molecule has 0 unspecified atom stereocenters. The van der Waals surface area contributed by atoms with Crippen LogP contribution in [0.4, 0.5) is 0 Å². The van der Waals surface area contributed by atoms with Crippen molar-refractivity contribution in [2.45, 2.75) is 37.5 Å². The standard InChI is InChI=1S/C29H24N.Ir/c1-28(2)16-17-29(23-11-5-3-9-21(23)22-10-4-6-12-24(22)29)26-19-20(14-15-25(26)28)27-13-7-8-18-30-27;/h3-13,15,18-19H,16-17H2,1-2H3;/q-1;. The molecule has 1 aromatic heterocycles. The fraction of sp³-hybridized carbons (Fsp3) is 0.207. The topological polar surface area (TPSA) is 12.9 Å². The van der Waals surface area contributed by atoms with E-state index in [2.05, 4.69) is 97.7 Å². The van der Waals surface area contributed by atoms with Gasteiger partial charge in [0, 0.05) is 31.7 Å². The normalized spacial score (nSPS) is 16.7. The second kappa shape index (κ2) is 7.26. The third kappa shape index (κ3) is 2.82. The van der Waals surface area contributed by atoms with Gasteiger partial charge >= 0.3 is 0 Å². The zero-order chi connectivity index (χ0) is 20.3. The van der Waals surface area contributed by atoms with Crippen LogP contribution in [0.15, 0.2) is 85.1 Å². The molecule has 0 N–H and O–H groups in total. The molecule has 0 saturated carbocycles. The molecule has 0 saturated heterocycles. The summed E-state index contributed by atoms with van der Waals surface area (Å²) in [5, 5.41) is 0. The molecule has 0 amide bonds. The smallest absolute Gasteiger partial charge is 0.0299 e. The molecule has 0 atom stereocenters. The number of fused-ring (bicyclic) bond motifs is 7. The summed E-state index contributed by atoms with van der Waals surface area (Å²) in [6.45, 7) is 4.75. The van der Waals surface area contributed by atoms with Crippen molar-refractivity contribution in [1.29, 1.82) is 0 Å². The third-order valence-electron chi connectivity index (χ3n) is 7.27. The van der Waals surface area contributed by atoms with Crippen molar-refractivity contribution >= 4 is 0 Å². The van der Waals surface area contributed by atoms with E-state index < -0.39 is 0 Å². The second-order valence-corrected chi connectivity index (χ2v) is 9.27. The SMILES string of the molecule is CC1(C)CCC2(c3ccccc3-c3ccccc32)c2cc(-c3ccccn3)[c-]cc21.[Ir]. The van der Waals surface area contributed by atoms with E-state index in [9.17, 15) is 0 Å². The number of pyridine rings is 1. The minimum atomic E-state index is -0.101. The molecule has 31 heavy (non-hydrogen) atoms. The molecule has 6 rings (SSSR count). The van der Waals surface area contributed by atoms with Crippen LogP contribution in [0.25, 0.3) is 22.4 Å². The molecule has 1 spiro atoms. The molecule has 1 radical (unpaired) electrons. The van der Waals surface area contributed by atoms with Crippen LogP contribution in [-0.4, -0.2) is 4.98 Å². The number of aromatic nitrogens is 1. The van der Waals surface area contributed by atoms with E-state index in [0.29, 0.717) is 0 Å². The van der Waals surface area contributed by atoms with E-state index in [1.807, 2.05) is 12.3 Å². The van der Waals surface area contributed by atoms with Crippen molar-refractivity contribution < 1.29 is 20.1 Å². The van der Waals surface area contributed by atoms with Gasteiger partial charge < -0.3 is 4.98 Å². The minimum absolute atomic E-state index is 0. The zero-order valence-electron chi connectivity index (χ0n) is 17.8. The summed E-state index contributed by atoms with van der Waals surface area (Å²) in [5.74, 6) is 0. The van der Waals surface area contributed by atoms with E-state index in [-0.39, 0.29) is 30.9 Å². The van der Waals surface area contributed by atoms with Crippen LogP contribution in [-0.2, 0) is 30.9 Å². The zero-order valence-corrected chi connectivity index (χ0v) is 20.2. The van der Waals surface area contributed by atoms with E-state index in [1.165, 1.54) is 33.4 Å². The molecule has 2 aliphatic rings. The number of benzene rings is 3. The number of rotatable bonds is 1. The van der Waals surface area contributed by atoms with E-state index in [1.54, 1.807) is 0 Å². The Hall–Kier alpha value is -2.54. The first-order valence-corrected chi connectivity index (χ1v) is 10.8. The van der Waals surface area contributed by atoms with Crippen LogP contribution in [0.5, 0.6) is 0 Å². The Bertz CT molecular complexity index is 1230. The van der Waals surface area contributed by atoms with Crippen molar-refractivity contribution in [1.82, 2.24) is 4.98 Å². The Morgan fingerprint density at radius 2 is 1.39 bits per heavy atom. The number of hydrogen-bond donors (Lipinski definition) is 0. The minimum Gasteiger partial charge on any atom is -0.305 e. The van der Waals surface area contributed by atoms with Gasteiger partial charge in [-0.1, -0.05) is 80.9 Å². The summed E-state index contributed by atoms with van der Waals surface area (Å²) < 4.78 is 0. The van der Waals surface area contributed by atoms with Crippen molar-refractivity contribution in [3.05, 3.63) is 113 Å². The predicted molar refractivity (Wildman–Crippen MR) is 123 cm³/mol. The maximum absolute atomic E-state index is 4.61. The van der Waals surface area contributed by atoms with E-state index >= 15 is 0 Å². The molecule has 4 aromatic rings. The summed E-state index contributed by atoms with van der Waals surface area (Å²) in [7, 11) is 0. The second-order valence-electron chi connectivity index (χ2n) is 9.27. The van der Waals surface area contributed by atoms with Gasteiger partial charge in [0.25, 0.3) is 0 Å². The molecule has 155 valence electrons. The fourth-order valence-electron chi connectivity index (χ4n) is 5.73. The predicted octanol–water partition coefficient (Wildman–Crippen LogP) is 6.93. The summed E-state index contributed by atoms with van der Waals surface area (Å²) in [6, 6.07) is 32.3. The van der Waals surface area contributed by atoms with Crippen LogP contribution >= 0.6 is 0 Å². The van der Waals surface area contributed by atoms with Crippen LogP contribution < -0.4 is 0 Å². The van der Waals surface area contributed by atoms with Crippen LogP contribution in [0.3, 0.4) is 0 Å². The van der Waals surface area contributed by atoms with E-state index in [4.69, 9.17) is 0 Å². The largest absolute Gasteiger partial charge is 0.305 e. The Morgan fingerprint density at radius 1 is 0.742 bits per heavy atom. The summed E-state index contributed by atoms with van der Waals surface area (Å²) >= 11 is 0. The molecule has 0 fully saturated rings. The molecule has 1 heterocycles. The van der Waals surface area contributed by atoms with Gasteiger partial charge in [0.1, 0.15) is 0 Å². The summed E-state index contributed by atoms with van der Waals surface area (Å²) in [4.78, 5) is 4.61. The Morgan fingerprint density at radius 3 is 2.03 bits per heavy atom. The van der Waals surface area contributed by atoms with Crippen LogP contribution in [0.2, 0.25) is 0 Å². The fourth-order valence-corrected chi connectivity index (χ4v) is 5.73. The molecule has 1 nitrogen and oxygen atoms in total. The third-order valence-corrected chi connectivity index (χ3v) is 7.27. The van der Waals surface area contributed by atoms with Gasteiger partial charge in [-0.05, 0) is 45.8 Å². The Labute approximate surface area is 197 Å². The molecule has 0 aliphatic heterocycles. The monoisotopic (exact) mass is 579 g/mol. The van der Waals surface area contributed by atoms with Gasteiger partial charge in [-0.3, -0.25) is 0 Å². The van der Waals surface area contributed by atoms with Crippen molar-refractivity contribution in [2.24, 2.45) is 0 Å². The Kier molecular flexibility index (Phi) is 4.77. The average molecular weight is 579 g/mol. The first-order valence-electron chi connectivity index (χ1n) is 10.8. The van der Waals surface area contributed by atoms with Gasteiger partial charge in [-0.25, -0.2) is 0 Å². The maximum Gasteiger partial charge on any atom is 0.0299 e. The number of nitrogens with zero attached hydrogens (tertiary/aromatic N) is 1. The molecule has 3 aromatic carbocycles. The van der Waals surface area contributed by atoms with Gasteiger partial charge in [-0.15, -0.1) is 34.9 Å². The van der Waals surface area contributed by atoms with Crippen molar-refractivity contribution in [2.75, 3.05) is 0 Å². The molecular formula is C29H24IrN-. The summed E-state index contributed by atoms with van der Waals surface area (Å²) in [6.07, 6.45) is 4.13. The van der Waals surface area contributed by atoms with Crippen molar-refractivity contribution in [3.63, 3.8) is 0 Å². The molecule has 2 heteroatoms. The van der Waals surface area contributed by atoms with Crippen molar-refractivity contribution in [3.8, 4) is 22.4 Å². The molecule has 2 aliphatic carbocycles. The first-order chi connectivity index (χ1) is 14.6. The van der Waals surface area contributed by atoms with Gasteiger partial charge in [0.05, 0.1) is 0 Å². The van der Waals surface area contributed by atoms with Gasteiger partial charge in [0.15, 0.2) is 0 Å². The van der Waals surface area contributed by atoms with Gasteiger partial charge in [-0.2, -0.15) is 0 Å². The first kappa shape index (κ1) is 20.4. The Balaban J connectivity index is 0.00000204. The number of hydrogen-bond acceptors (Lipinski definition) is 1. The van der Waals surface area contributed by atoms with E-state index in [0.717, 1.165) is 24.1 Å². The maximum atomic E-state index is 4.61.